The minimum atomic E-state index is -4.65. The zero-order chi connectivity index (χ0) is 10.8. The minimum absolute atomic E-state index is 0.202. The highest BCUT2D eigenvalue weighted by atomic mass is 127. The molecular weight excluding hydrogens is 331 g/mol. The number of hydrogen-bond donors (Lipinski definition) is 0. The summed E-state index contributed by atoms with van der Waals surface area (Å²) in [6, 6.07) is 4.30. The number of benzene rings is 1. The number of hydrogen-bond acceptors (Lipinski definition) is 1. The van der Waals surface area contributed by atoms with Crippen LogP contribution in [0.25, 0.3) is 0 Å². The van der Waals surface area contributed by atoms with Crippen molar-refractivity contribution in [2.75, 3.05) is 0 Å². The molecule has 1 aromatic rings. The summed E-state index contributed by atoms with van der Waals surface area (Å²) in [7, 11) is 0. The van der Waals surface area contributed by atoms with Crippen LogP contribution < -0.4 is 4.74 Å². The Morgan fingerprint density at radius 3 is 2.43 bits per heavy atom. The molecule has 1 aromatic carbocycles. The monoisotopic (exact) mass is 336 g/mol. The van der Waals surface area contributed by atoms with Crippen LogP contribution in [0.15, 0.2) is 18.2 Å². The van der Waals surface area contributed by atoms with Crippen LogP contribution in [0, 0.1) is 3.57 Å². The number of ether oxygens (including phenoxy) is 1. The second-order valence-electron chi connectivity index (χ2n) is 2.45. The Kier molecular flexibility index (Phi) is 3.88. The van der Waals surface area contributed by atoms with Crippen LogP contribution in [0.4, 0.5) is 13.2 Å². The summed E-state index contributed by atoms with van der Waals surface area (Å²) in [6.45, 7) is 0. The molecule has 1 nitrogen and oxygen atoms in total. The largest absolute Gasteiger partial charge is 0.573 e. The van der Waals surface area contributed by atoms with Crippen molar-refractivity contribution in [3.05, 3.63) is 27.3 Å². The summed E-state index contributed by atoms with van der Waals surface area (Å²) in [5.41, 5.74) is 0.755. The van der Waals surface area contributed by atoms with Crippen LogP contribution in [0.2, 0.25) is 0 Å². The lowest BCUT2D eigenvalue weighted by Gasteiger charge is -2.10. The molecule has 14 heavy (non-hydrogen) atoms. The molecule has 0 N–H and O–H groups in total. The summed E-state index contributed by atoms with van der Waals surface area (Å²) in [5, 5.41) is 0. The van der Waals surface area contributed by atoms with E-state index in [-0.39, 0.29) is 11.6 Å². The van der Waals surface area contributed by atoms with Crippen LogP contribution in [0.3, 0.4) is 0 Å². The predicted molar refractivity (Wildman–Crippen MR) is 55.4 cm³/mol. The quantitative estimate of drug-likeness (QED) is 0.587. The van der Waals surface area contributed by atoms with Crippen molar-refractivity contribution in [2.45, 2.75) is 12.2 Å². The van der Waals surface area contributed by atoms with Crippen molar-refractivity contribution < 1.29 is 17.9 Å². The van der Waals surface area contributed by atoms with E-state index in [1.807, 2.05) is 0 Å². The van der Waals surface area contributed by atoms with Gasteiger partial charge in [-0.1, -0.05) is 6.07 Å². The zero-order valence-electron chi connectivity index (χ0n) is 6.74. The van der Waals surface area contributed by atoms with E-state index in [0.717, 1.165) is 5.56 Å². The van der Waals surface area contributed by atoms with Crippen LogP contribution in [0.1, 0.15) is 5.56 Å². The van der Waals surface area contributed by atoms with Gasteiger partial charge < -0.3 is 4.74 Å². The van der Waals surface area contributed by atoms with Crippen molar-refractivity contribution in [2.24, 2.45) is 0 Å². The lowest BCUT2D eigenvalue weighted by atomic mass is 10.2. The van der Waals surface area contributed by atoms with Gasteiger partial charge in [0, 0.05) is 5.88 Å². The van der Waals surface area contributed by atoms with E-state index in [9.17, 15) is 13.2 Å². The first-order valence-corrected chi connectivity index (χ1v) is 5.14. The van der Waals surface area contributed by atoms with E-state index < -0.39 is 6.36 Å². The molecule has 6 heteroatoms. The molecule has 78 valence electrons. The number of rotatable bonds is 2. The maximum absolute atomic E-state index is 11.9. The van der Waals surface area contributed by atoms with Gasteiger partial charge >= 0.3 is 6.36 Å². The highest BCUT2D eigenvalue weighted by Crippen LogP contribution is 2.28. The molecule has 0 saturated heterocycles. The standard InChI is InChI=1S/C8H5ClF3IO/c9-4-5-1-2-7(6(13)3-5)14-8(10,11)12/h1-3H,4H2. The molecule has 0 amide bonds. The molecule has 0 aromatic heterocycles. The minimum Gasteiger partial charge on any atom is -0.405 e. The predicted octanol–water partition coefficient (Wildman–Crippen LogP) is 3.93. The van der Waals surface area contributed by atoms with Crippen LogP contribution in [-0.4, -0.2) is 6.36 Å². The summed E-state index contributed by atoms with van der Waals surface area (Å²) in [4.78, 5) is 0. The molecule has 1 rings (SSSR count). The lowest BCUT2D eigenvalue weighted by Crippen LogP contribution is -2.17. The smallest absolute Gasteiger partial charge is 0.405 e. The van der Waals surface area contributed by atoms with Crippen LogP contribution in [-0.2, 0) is 5.88 Å². The Balaban J connectivity index is 2.89. The van der Waals surface area contributed by atoms with Gasteiger partial charge in [-0.25, -0.2) is 0 Å². The van der Waals surface area contributed by atoms with Gasteiger partial charge in [0.15, 0.2) is 0 Å². The number of alkyl halides is 4. The zero-order valence-corrected chi connectivity index (χ0v) is 9.65. The SMILES string of the molecule is FC(F)(F)Oc1ccc(CCl)cc1I. The Hall–Kier alpha value is -0.170. The highest BCUT2D eigenvalue weighted by Gasteiger charge is 2.31. The van der Waals surface area contributed by atoms with Gasteiger partial charge in [0.05, 0.1) is 3.57 Å². The summed E-state index contributed by atoms with van der Waals surface area (Å²) >= 11 is 7.28. The molecule has 0 heterocycles. The molecule has 0 aliphatic carbocycles. The van der Waals surface area contributed by atoms with E-state index in [1.165, 1.54) is 12.1 Å². The summed E-state index contributed by atoms with van der Waals surface area (Å²) in [5.74, 6) is 0.0643. The fourth-order valence-electron chi connectivity index (χ4n) is 0.835. The second-order valence-corrected chi connectivity index (χ2v) is 3.88. The maximum Gasteiger partial charge on any atom is 0.573 e. The first-order valence-electron chi connectivity index (χ1n) is 3.52. The van der Waals surface area contributed by atoms with Crippen molar-refractivity contribution >= 4 is 34.2 Å². The van der Waals surface area contributed by atoms with Gasteiger partial charge in [-0.15, -0.1) is 24.8 Å². The topological polar surface area (TPSA) is 9.23 Å². The Labute approximate surface area is 97.3 Å². The molecule has 0 aliphatic rings. The fraction of sp³-hybridized carbons (Fsp3) is 0.250. The van der Waals surface area contributed by atoms with Gasteiger partial charge in [-0.3, -0.25) is 0 Å². The number of halogens is 5. The van der Waals surface area contributed by atoms with E-state index in [0.29, 0.717) is 3.57 Å². The van der Waals surface area contributed by atoms with E-state index in [1.54, 1.807) is 28.7 Å². The third-order valence-electron chi connectivity index (χ3n) is 1.38. The third kappa shape index (κ3) is 3.53. The Bertz CT molecular complexity index is 327. The van der Waals surface area contributed by atoms with Gasteiger partial charge in [-0.05, 0) is 40.3 Å². The second kappa shape index (κ2) is 4.57. The molecule has 0 saturated carbocycles. The van der Waals surface area contributed by atoms with Gasteiger partial charge in [-0.2, -0.15) is 0 Å². The normalized spacial score (nSPS) is 11.5. The fourth-order valence-corrected chi connectivity index (χ4v) is 1.69. The Morgan fingerprint density at radius 1 is 1.36 bits per heavy atom. The van der Waals surface area contributed by atoms with Crippen LogP contribution >= 0.6 is 34.2 Å². The van der Waals surface area contributed by atoms with Gasteiger partial charge in [0.2, 0.25) is 0 Å². The van der Waals surface area contributed by atoms with Crippen molar-refractivity contribution in [3.63, 3.8) is 0 Å². The van der Waals surface area contributed by atoms with Crippen molar-refractivity contribution in [3.8, 4) is 5.75 Å². The van der Waals surface area contributed by atoms with Gasteiger partial charge in [0.1, 0.15) is 5.75 Å². The summed E-state index contributed by atoms with van der Waals surface area (Å²) in [6.07, 6.45) is -4.65. The van der Waals surface area contributed by atoms with Crippen molar-refractivity contribution in [1.29, 1.82) is 0 Å². The van der Waals surface area contributed by atoms with E-state index in [2.05, 4.69) is 4.74 Å². The van der Waals surface area contributed by atoms with E-state index in [4.69, 9.17) is 11.6 Å². The van der Waals surface area contributed by atoms with Crippen LogP contribution in [0.5, 0.6) is 5.75 Å². The molecule has 0 unspecified atom stereocenters. The third-order valence-corrected chi connectivity index (χ3v) is 2.53. The Morgan fingerprint density at radius 2 is 2.00 bits per heavy atom. The lowest BCUT2D eigenvalue weighted by molar-refractivity contribution is -0.274. The maximum atomic E-state index is 11.9. The van der Waals surface area contributed by atoms with Crippen molar-refractivity contribution in [1.82, 2.24) is 0 Å². The first kappa shape index (κ1) is 11.9. The average molecular weight is 336 g/mol. The summed E-state index contributed by atoms with van der Waals surface area (Å²) < 4.78 is 39.7. The molecule has 0 spiro atoms. The molecule has 0 radical (unpaired) electrons. The molecular formula is C8H5ClF3IO. The van der Waals surface area contributed by atoms with Gasteiger partial charge in [0.25, 0.3) is 0 Å². The first-order chi connectivity index (χ1) is 6.42. The molecule has 0 fully saturated rings. The van der Waals surface area contributed by atoms with E-state index >= 15 is 0 Å². The molecule has 0 atom stereocenters. The highest BCUT2D eigenvalue weighted by molar-refractivity contribution is 14.1. The molecule has 0 bridgehead atoms. The average Bonchev–Trinajstić information content (AvgIpc) is 2.06. The molecule has 0 aliphatic heterocycles.